The van der Waals surface area contributed by atoms with Crippen molar-refractivity contribution < 1.29 is 28.9 Å². The van der Waals surface area contributed by atoms with Crippen LogP contribution >= 0.6 is 34.0 Å². The van der Waals surface area contributed by atoms with Gasteiger partial charge < -0.3 is 45.9 Å². The molecule has 17 nitrogen and oxygen atoms in total. The summed E-state index contributed by atoms with van der Waals surface area (Å²) in [5.74, 6) is -1.46. The van der Waals surface area contributed by atoms with Gasteiger partial charge in [0.05, 0.1) is 66.1 Å². The third kappa shape index (κ3) is 13.6. The van der Waals surface area contributed by atoms with Crippen molar-refractivity contribution >= 4 is 98.9 Å². The van der Waals surface area contributed by atoms with Crippen LogP contribution < -0.4 is 26.6 Å². The number of ether oxygens (including phenoxy) is 3. The molecule has 0 saturated carbocycles. The first-order chi connectivity index (χ1) is 40.7. The molecule has 20 heteroatoms. The van der Waals surface area contributed by atoms with Gasteiger partial charge in [0.15, 0.2) is 0 Å². The molecule has 0 unspecified atom stereocenters. The Kier molecular flexibility index (Phi) is 20.1. The van der Waals surface area contributed by atoms with Gasteiger partial charge in [-0.3, -0.25) is 4.79 Å². The van der Waals surface area contributed by atoms with Crippen LogP contribution in [0.4, 0.5) is 15.0 Å². The van der Waals surface area contributed by atoms with E-state index in [1.807, 2.05) is 60.7 Å². The number of carbonyl (C=O) groups excluding carboxylic acids is 1. The van der Waals surface area contributed by atoms with Crippen LogP contribution in [0.15, 0.2) is 143 Å². The molecule has 0 spiro atoms. The second-order valence-corrected chi connectivity index (χ2v) is 23.1. The molecule has 0 bridgehead atoms. The van der Waals surface area contributed by atoms with E-state index in [-0.39, 0.29) is 18.5 Å². The van der Waals surface area contributed by atoms with Crippen LogP contribution in [0.25, 0.3) is 32.3 Å². The molecule has 3 aromatic heterocycles. The number of hydrogen-bond donors (Lipinski definition) is 3. The van der Waals surface area contributed by atoms with Crippen LogP contribution in [0.5, 0.6) is 0 Å². The maximum atomic E-state index is 12.1. The van der Waals surface area contributed by atoms with Crippen LogP contribution in [0.1, 0.15) is 81.7 Å². The molecule has 13 rings (SSSR count). The number of nitriles is 3. The molecule has 1 amide bonds. The van der Waals surface area contributed by atoms with Gasteiger partial charge in [-0.05, 0) is 59.8 Å². The Labute approximate surface area is 505 Å². The molecule has 0 aliphatic carbocycles. The van der Waals surface area contributed by atoms with Crippen molar-refractivity contribution in [2.24, 2.45) is 21.2 Å². The molecule has 3 fully saturated rings. The number of primary amides is 1. The molecular weight excluding hydrogens is 1130 g/mol. The van der Waals surface area contributed by atoms with Gasteiger partial charge in [-0.25, -0.2) is 4.79 Å². The largest absolute Gasteiger partial charge is 0.477 e. The number of carboxylic acids is 1. The summed E-state index contributed by atoms with van der Waals surface area (Å²) >= 11 is 4.15. The normalized spacial score (nSPS) is 14.6. The predicted molar refractivity (Wildman–Crippen MR) is 340 cm³/mol. The number of morpholine rings is 3. The quantitative estimate of drug-likeness (QED) is 0.103. The highest BCUT2D eigenvalue weighted by molar-refractivity contribution is 7.19. The molecule has 0 radical (unpaired) electrons. The molecular formula is C65H63N11O6S3. The number of nitrogens with two attached hydrogens (primary N) is 1. The van der Waals surface area contributed by atoms with Crippen LogP contribution in [-0.2, 0) is 33.5 Å². The number of rotatable bonds is 12. The Morgan fingerprint density at radius 3 is 1.24 bits per heavy atom. The topological polar surface area (TPSA) is 261 Å². The minimum absolute atomic E-state index is 0. The van der Waals surface area contributed by atoms with Crippen molar-refractivity contribution in [1.29, 1.82) is 15.8 Å². The summed E-state index contributed by atoms with van der Waals surface area (Å²) in [4.78, 5) is 32.1. The van der Waals surface area contributed by atoms with Crippen molar-refractivity contribution in [3.05, 3.63) is 192 Å². The summed E-state index contributed by atoms with van der Waals surface area (Å²) < 4.78 is 16.3. The Morgan fingerprint density at radius 1 is 0.518 bits per heavy atom. The first kappa shape index (κ1) is 60.7. The number of amides is 1. The van der Waals surface area contributed by atoms with Crippen LogP contribution in [0.3, 0.4) is 0 Å². The fourth-order valence-corrected chi connectivity index (χ4v) is 14.4. The number of nitrogens with zero attached hydrogens (tertiary/aromatic N) is 9. The highest BCUT2D eigenvalue weighted by atomic mass is 32.1. The highest BCUT2D eigenvalue weighted by Gasteiger charge is 2.30. The first-order valence-corrected chi connectivity index (χ1v) is 29.7. The molecule has 85 heavy (non-hydrogen) atoms. The standard InChI is InChI=1S/C22H19N5OS.C21H19N3O2S.C21H18N2O3S.CH4.H3N/c23-13-19-18(12-15-5-6-16-3-1-2-4-17(16)11-15)21(20-14-24-26-25-20)29-22(19)27-7-9-28-10-8-27;22-13-18-17(12-14-5-6-15-3-1-2-4-16(15)11-14)19(20(23)25)27-21(18)24-7-9-26-10-8-24;22-13-18-17(12-14-5-6-15-3-1-2-4-16(15)11-14)19(21(24)25)27-20(18)23-7-9-26-10-8-23;;/h1-6,11H,7-10,12,14H2;1-6,11H,7-10,12H2,(H2,23,25);1-6,11H,7-10,12H2,(H,24,25);1H4;1H3. The average molecular weight is 1190 g/mol. The van der Waals surface area contributed by atoms with E-state index >= 15 is 0 Å². The van der Waals surface area contributed by atoms with Crippen molar-refractivity contribution in [3.63, 3.8) is 0 Å². The SMILES string of the molecule is C.N.N#Cc1c(N2CCOCC2)sc(C(=O)O)c1Cc1ccc2ccccc2c1.N#Cc1c(N2CCOCC2)sc(C(N)=O)c1Cc1ccc2ccccc2c1.N#Cc1c(N2CCOCC2)sc(C2=NN=NC2)c1Cc1ccc2ccccc2c1. The van der Waals surface area contributed by atoms with Gasteiger partial charge in [0.25, 0.3) is 5.91 Å². The van der Waals surface area contributed by atoms with Crippen molar-refractivity contribution in [2.45, 2.75) is 26.7 Å². The number of benzene rings is 6. The Bertz CT molecular complexity index is 3920. The lowest BCUT2D eigenvalue weighted by Gasteiger charge is -2.27. The van der Waals surface area contributed by atoms with E-state index in [1.54, 1.807) is 11.3 Å². The van der Waals surface area contributed by atoms with Gasteiger partial charge in [0.2, 0.25) is 0 Å². The van der Waals surface area contributed by atoms with E-state index in [9.17, 15) is 30.5 Å². The lowest BCUT2D eigenvalue weighted by Crippen LogP contribution is -2.36. The summed E-state index contributed by atoms with van der Waals surface area (Å²) in [6.45, 7) is 8.61. The number of thiophene rings is 3. The zero-order chi connectivity index (χ0) is 57.2. The molecule has 7 heterocycles. The fourth-order valence-electron chi connectivity index (χ4n) is 10.8. The minimum Gasteiger partial charge on any atom is -0.477 e. The fraction of sp³-hybridized carbons (Fsp3) is 0.262. The van der Waals surface area contributed by atoms with E-state index < -0.39 is 11.9 Å². The summed E-state index contributed by atoms with van der Waals surface area (Å²) in [5.41, 5.74) is 13.9. The number of hydrogen-bond acceptors (Lipinski definition) is 18. The number of fused-ring (bicyclic) bond motifs is 3. The molecule has 432 valence electrons. The van der Waals surface area contributed by atoms with Gasteiger partial charge in [-0.15, -0.1) is 39.1 Å². The molecule has 9 aromatic rings. The van der Waals surface area contributed by atoms with E-state index in [1.165, 1.54) is 39.0 Å². The number of aromatic carboxylic acids is 1. The second-order valence-electron chi connectivity index (χ2n) is 20.1. The van der Waals surface area contributed by atoms with Gasteiger partial charge in [0.1, 0.15) is 50.3 Å². The molecule has 3 saturated heterocycles. The lowest BCUT2D eigenvalue weighted by molar-refractivity contribution is 0.0700. The zero-order valence-corrected chi connectivity index (χ0v) is 48.4. The monoisotopic (exact) mass is 1190 g/mol. The molecule has 6 aromatic carbocycles. The summed E-state index contributed by atoms with van der Waals surface area (Å²) in [6, 6.07) is 50.4. The van der Waals surface area contributed by atoms with Gasteiger partial charge in [0, 0.05) is 69.7 Å². The van der Waals surface area contributed by atoms with Crippen LogP contribution in [-0.4, -0.2) is 108 Å². The van der Waals surface area contributed by atoms with E-state index in [4.69, 9.17) is 19.9 Å². The number of carbonyl (C=O) groups is 2. The second kappa shape index (κ2) is 28.1. The molecule has 4 aliphatic heterocycles. The van der Waals surface area contributed by atoms with Crippen molar-refractivity contribution in [2.75, 3.05) is 100 Å². The third-order valence-electron chi connectivity index (χ3n) is 14.9. The first-order valence-electron chi connectivity index (χ1n) is 27.2. The van der Waals surface area contributed by atoms with E-state index in [2.05, 4.69) is 115 Å². The molecule has 4 aliphatic rings. The lowest BCUT2D eigenvalue weighted by atomic mass is 9.97. The maximum absolute atomic E-state index is 12.1. The summed E-state index contributed by atoms with van der Waals surface area (Å²) in [7, 11) is 0. The molecule has 0 atom stereocenters. The summed E-state index contributed by atoms with van der Waals surface area (Å²) in [6.07, 6.45) is 1.62. The van der Waals surface area contributed by atoms with Gasteiger partial charge in [-0.1, -0.05) is 135 Å². The smallest absolute Gasteiger partial charge is 0.346 e. The van der Waals surface area contributed by atoms with Gasteiger partial charge in [-0.2, -0.15) is 20.9 Å². The Balaban J connectivity index is 0.000000151. The Hall–Kier alpha value is -8.88. The predicted octanol–water partition coefficient (Wildman–Crippen LogP) is 12.4. The van der Waals surface area contributed by atoms with Crippen molar-refractivity contribution in [3.8, 4) is 18.2 Å². The number of carboxylic acid groups (broad SMARTS) is 1. The van der Waals surface area contributed by atoms with Gasteiger partial charge >= 0.3 is 5.97 Å². The molecule has 6 N–H and O–H groups in total. The third-order valence-corrected chi connectivity index (χ3v) is 18.8. The Morgan fingerprint density at radius 2 is 0.871 bits per heavy atom. The van der Waals surface area contributed by atoms with E-state index in [0.717, 1.165) is 88.0 Å². The summed E-state index contributed by atoms with van der Waals surface area (Å²) in [5, 5.41) is 61.0. The maximum Gasteiger partial charge on any atom is 0.346 e. The van der Waals surface area contributed by atoms with Crippen molar-refractivity contribution in [1.82, 2.24) is 6.15 Å². The van der Waals surface area contributed by atoms with E-state index in [0.29, 0.717) is 113 Å². The number of anilines is 3. The average Bonchev–Trinajstić information content (AvgIpc) is 2.45. The minimum atomic E-state index is -0.980. The zero-order valence-electron chi connectivity index (χ0n) is 46.0. The van der Waals surface area contributed by atoms with Crippen LogP contribution in [0.2, 0.25) is 0 Å². The van der Waals surface area contributed by atoms with Crippen LogP contribution in [0, 0.1) is 34.0 Å². The highest BCUT2D eigenvalue weighted by Crippen LogP contribution is 2.41.